The van der Waals surface area contributed by atoms with Crippen LogP contribution in [0.1, 0.15) is 36.4 Å². The molecule has 0 N–H and O–H groups in total. The van der Waals surface area contributed by atoms with Gasteiger partial charge in [-0.15, -0.1) is 0 Å². The Morgan fingerprint density at radius 2 is 1.76 bits per heavy atom. The summed E-state index contributed by atoms with van der Waals surface area (Å²) in [6, 6.07) is 12.3. The van der Waals surface area contributed by atoms with Gasteiger partial charge in [-0.2, -0.15) is 0 Å². The third-order valence-corrected chi connectivity index (χ3v) is 7.06. The van der Waals surface area contributed by atoms with Crippen LogP contribution in [0.3, 0.4) is 0 Å². The first-order valence-electron chi connectivity index (χ1n) is 9.66. The Morgan fingerprint density at radius 3 is 2.41 bits per heavy atom. The number of carbonyl (C=O) groups is 1. The number of likely N-dealkylation sites (tertiary alicyclic amines) is 1. The smallest absolute Gasteiger partial charge is 0.224 e. The molecule has 3 rings (SSSR count). The highest BCUT2D eigenvalue weighted by molar-refractivity contribution is 7.91. The van der Waals surface area contributed by atoms with Gasteiger partial charge in [-0.05, 0) is 49.6 Å². The Balaban J connectivity index is 1.71. The van der Waals surface area contributed by atoms with Gasteiger partial charge in [-0.1, -0.05) is 23.8 Å². The number of methoxy groups -OCH3 is 2. The molecule has 0 bridgehead atoms. The number of carbonyl (C=O) groups excluding carboxylic acids is 1. The van der Waals surface area contributed by atoms with Crippen molar-refractivity contribution in [3.05, 3.63) is 53.6 Å². The summed E-state index contributed by atoms with van der Waals surface area (Å²) in [7, 11) is -0.328. The van der Waals surface area contributed by atoms with Gasteiger partial charge in [-0.25, -0.2) is 8.42 Å². The van der Waals surface area contributed by atoms with E-state index in [-0.39, 0.29) is 29.0 Å². The second kappa shape index (κ2) is 8.86. The van der Waals surface area contributed by atoms with E-state index >= 15 is 0 Å². The number of hydrogen-bond donors (Lipinski definition) is 0. The molecule has 1 amide bonds. The van der Waals surface area contributed by atoms with Crippen LogP contribution in [0.2, 0.25) is 0 Å². The lowest BCUT2D eigenvalue weighted by Gasteiger charge is -2.26. The zero-order valence-electron chi connectivity index (χ0n) is 17.1. The molecule has 0 saturated carbocycles. The molecule has 0 radical (unpaired) electrons. The summed E-state index contributed by atoms with van der Waals surface area (Å²) in [6.07, 6.45) is 1.70. The van der Waals surface area contributed by atoms with Crippen molar-refractivity contribution in [2.75, 3.05) is 26.5 Å². The quantitative estimate of drug-likeness (QED) is 0.689. The summed E-state index contributed by atoms with van der Waals surface area (Å²) < 4.78 is 35.8. The van der Waals surface area contributed by atoms with Crippen molar-refractivity contribution in [3.63, 3.8) is 0 Å². The molecule has 1 heterocycles. The fourth-order valence-corrected chi connectivity index (χ4v) is 4.93. The Bertz CT molecular complexity index is 969. The first kappa shape index (κ1) is 21.2. The van der Waals surface area contributed by atoms with Crippen LogP contribution < -0.4 is 9.47 Å². The van der Waals surface area contributed by atoms with E-state index < -0.39 is 9.84 Å². The molecule has 6 nitrogen and oxygen atoms in total. The van der Waals surface area contributed by atoms with Gasteiger partial charge in [0.15, 0.2) is 21.3 Å². The first-order valence-corrected chi connectivity index (χ1v) is 11.3. The van der Waals surface area contributed by atoms with Crippen molar-refractivity contribution in [1.29, 1.82) is 0 Å². The highest BCUT2D eigenvalue weighted by Crippen LogP contribution is 2.37. The first-order chi connectivity index (χ1) is 13.9. The van der Waals surface area contributed by atoms with Crippen LogP contribution in [0.25, 0.3) is 0 Å². The number of rotatable bonds is 7. The lowest BCUT2D eigenvalue weighted by molar-refractivity contribution is -0.131. The molecule has 1 atom stereocenters. The van der Waals surface area contributed by atoms with E-state index in [0.29, 0.717) is 18.0 Å². The van der Waals surface area contributed by atoms with E-state index in [1.54, 1.807) is 43.4 Å². The van der Waals surface area contributed by atoms with E-state index in [1.165, 1.54) is 0 Å². The molecule has 29 heavy (non-hydrogen) atoms. The molecule has 2 aromatic carbocycles. The molecule has 1 fully saturated rings. The third kappa shape index (κ3) is 4.72. The van der Waals surface area contributed by atoms with E-state index in [9.17, 15) is 13.2 Å². The summed E-state index contributed by atoms with van der Waals surface area (Å²) in [4.78, 5) is 14.9. The lowest BCUT2D eigenvalue weighted by Crippen LogP contribution is -2.31. The van der Waals surface area contributed by atoms with Crippen molar-refractivity contribution in [3.8, 4) is 11.5 Å². The number of hydrogen-bond acceptors (Lipinski definition) is 5. The van der Waals surface area contributed by atoms with Gasteiger partial charge in [0, 0.05) is 13.0 Å². The van der Waals surface area contributed by atoms with E-state index in [1.807, 2.05) is 25.1 Å². The van der Waals surface area contributed by atoms with Crippen molar-refractivity contribution in [2.24, 2.45) is 0 Å². The number of amides is 1. The standard InChI is InChI=1S/C22H27NO5S/c1-16-6-9-18(10-7-16)29(25,26)14-12-22(24)23-13-4-5-19(23)17-8-11-20(27-2)21(15-17)28-3/h6-11,15,19H,4-5,12-14H2,1-3H3/t19-/m1/s1. The molecule has 0 unspecified atom stereocenters. The fraction of sp³-hybridized carbons (Fsp3) is 0.409. The van der Waals surface area contributed by atoms with Gasteiger partial charge >= 0.3 is 0 Å². The molecular formula is C22H27NO5S. The summed E-state index contributed by atoms with van der Waals surface area (Å²) in [6.45, 7) is 2.53. The Hall–Kier alpha value is -2.54. The molecule has 7 heteroatoms. The maximum atomic E-state index is 12.8. The van der Waals surface area contributed by atoms with E-state index in [0.717, 1.165) is 24.0 Å². The van der Waals surface area contributed by atoms with Crippen molar-refractivity contribution in [2.45, 2.75) is 37.1 Å². The normalized spacial score (nSPS) is 16.7. The van der Waals surface area contributed by atoms with Gasteiger partial charge in [0.05, 0.1) is 30.9 Å². The summed E-state index contributed by atoms with van der Waals surface area (Å²) in [5.74, 6) is 0.921. The number of ether oxygens (including phenoxy) is 2. The number of sulfone groups is 1. The second-order valence-corrected chi connectivity index (χ2v) is 9.35. The largest absolute Gasteiger partial charge is 0.493 e. The predicted octanol–water partition coefficient (Wildman–Crippen LogP) is 3.54. The van der Waals surface area contributed by atoms with Crippen LogP contribution >= 0.6 is 0 Å². The van der Waals surface area contributed by atoms with Gasteiger partial charge in [0.25, 0.3) is 0 Å². The molecule has 1 saturated heterocycles. The van der Waals surface area contributed by atoms with Gasteiger partial charge in [0.1, 0.15) is 0 Å². The lowest BCUT2D eigenvalue weighted by atomic mass is 10.0. The summed E-state index contributed by atoms with van der Waals surface area (Å²) >= 11 is 0. The summed E-state index contributed by atoms with van der Waals surface area (Å²) in [5.41, 5.74) is 1.96. The molecule has 0 spiro atoms. The SMILES string of the molecule is COc1ccc([C@H]2CCCN2C(=O)CCS(=O)(=O)c2ccc(C)cc2)cc1OC. The minimum Gasteiger partial charge on any atom is -0.493 e. The molecule has 1 aliphatic rings. The van der Waals surface area contributed by atoms with Crippen LogP contribution in [0.5, 0.6) is 11.5 Å². The monoisotopic (exact) mass is 417 g/mol. The van der Waals surface area contributed by atoms with Crippen LogP contribution in [0, 0.1) is 6.92 Å². The van der Waals surface area contributed by atoms with Gasteiger partial charge in [0.2, 0.25) is 5.91 Å². The second-order valence-electron chi connectivity index (χ2n) is 7.24. The average molecular weight is 418 g/mol. The van der Waals surface area contributed by atoms with Crippen LogP contribution in [-0.2, 0) is 14.6 Å². The van der Waals surface area contributed by atoms with Crippen LogP contribution in [0.15, 0.2) is 47.4 Å². The zero-order chi connectivity index (χ0) is 21.0. The van der Waals surface area contributed by atoms with E-state index in [2.05, 4.69) is 0 Å². The Morgan fingerprint density at radius 1 is 1.07 bits per heavy atom. The average Bonchev–Trinajstić information content (AvgIpc) is 3.22. The Kier molecular flexibility index (Phi) is 6.47. The molecule has 2 aromatic rings. The third-order valence-electron chi connectivity index (χ3n) is 5.33. The van der Waals surface area contributed by atoms with Crippen molar-refractivity contribution < 1.29 is 22.7 Å². The molecular weight excluding hydrogens is 390 g/mol. The minimum atomic E-state index is -3.49. The van der Waals surface area contributed by atoms with Crippen LogP contribution in [0.4, 0.5) is 0 Å². The van der Waals surface area contributed by atoms with E-state index in [4.69, 9.17) is 9.47 Å². The summed E-state index contributed by atoms with van der Waals surface area (Å²) in [5, 5.41) is 0. The molecule has 0 aliphatic carbocycles. The zero-order valence-corrected chi connectivity index (χ0v) is 17.9. The predicted molar refractivity (Wildman–Crippen MR) is 111 cm³/mol. The Labute approximate surface area is 172 Å². The minimum absolute atomic E-state index is 0.0278. The van der Waals surface area contributed by atoms with Crippen molar-refractivity contribution in [1.82, 2.24) is 4.90 Å². The highest BCUT2D eigenvalue weighted by Gasteiger charge is 2.31. The van der Waals surface area contributed by atoms with Crippen LogP contribution in [-0.4, -0.2) is 45.7 Å². The fourth-order valence-electron chi connectivity index (χ4n) is 3.70. The molecule has 0 aromatic heterocycles. The number of nitrogens with zero attached hydrogens (tertiary/aromatic N) is 1. The number of aryl methyl sites for hydroxylation is 1. The van der Waals surface area contributed by atoms with Crippen molar-refractivity contribution >= 4 is 15.7 Å². The highest BCUT2D eigenvalue weighted by atomic mass is 32.2. The van der Waals surface area contributed by atoms with Gasteiger partial charge < -0.3 is 14.4 Å². The van der Waals surface area contributed by atoms with Gasteiger partial charge in [-0.3, -0.25) is 4.79 Å². The maximum Gasteiger partial charge on any atom is 0.224 e. The molecule has 156 valence electrons. The number of benzene rings is 2. The maximum absolute atomic E-state index is 12.8. The topological polar surface area (TPSA) is 72.9 Å². The molecule has 1 aliphatic heterocycles.